The smallest absolute Gasteiger partial charge is 0.347 e. The molecule has 2 heterocycles. The Kier molecular flexibility index (Phi) is 8.70. The van der Waals surface area contributed by atoms with Gasteiger partial charge in [0.25, 0.3) is 0 Å². The van der Waals surface area contributed by atoms with Crippen LogP contribution in [0, 0.1) is 0 Å². The van der Waals surface area contributed by atoms with Crippen molar-refractivity contribution < 1.29 is 24.4 Å². The largest absolute Gasteiger partial charge is 0.392 e. The van der Waals surface area contributed by atoms with Gasteiger partial charge in [0.2, 0.25) is 0 Å². The molecule has 2 aliphatic rings. The molecule has 218 valence electrons. The minimum Gasteiger partial charge on any atom is -0.392 e. The third-order valence-corrected chi connectivity index (χ3v) is 11.2. The molecule has 3 N–H and O–H groups in total. The van der Waals surface area contributed by atoms with E-state index in [2.05, 4.69) is 12.1 Å². The number of hydrogen-bond acceptors (Lipinski definition) is 5. The van der Waals surface area contributed by atoms with Crippen molar-refractivity contribution in [3.8, 4) is 0 Å². The number of rotatable bonds is 10. The average Bonchev–Trinajstić information content (AvgIpc) is 3.28. The second-order valence-electron chi connectivity index (χ2n) is 11.2. The number of benzene rings is 4. The fourth-order valence-corrected chi connectivity index (χ4v) is 9.16. The van der Waals surface area contributed by atoms with E-state index in [1.54, 1.807) is 0 Å². The van der Waals surface area contributed by atoms with E-state index >= 15 is 4.57 Å². The van der Waals surface area contributed by atoms with Crippen LogP contribution in [0.3, 0.4) is 0 Å². The maximum atomic E-state index is 15.3. The highest BCUT2D eigenvalue weighted by Crippen LogP contribution is 2.67. The van der Waals surface area contributed by atoms with Gasteiger partial charge in [0, 0.05) is 13.1 Å². The van der Waals surface area contributed by atoms with Crippen LogP contribution in [0.25, 0.3) is 0 Å². The first-order valence-corrected chi connectivity index (χ1v) is 16.0. The Balaban J connectivity index is 1.42. The standard InChI is InChI=1S/C34H37N2O5P/c37-23-29-15-11-27(12-16-29)21-35-31(19-25-7-3-1-4-8-25)33(39)34-32(20-26-9-5-2-6-10-26)36(42(35,40)41-34)22-28-13-17-30(24-38)18-14-28/h1-18,31-34,37-39H,19-24H2/t31-,32-,33+,34-,42?/m1/s1. The zero-order valence-corrected chi connectivity index (χ0v) is 24.3. The van der Waals surface area contributed by atoms with Crippen molar-refractivity contribution in [1.29, 1.82) is 0 Å². The van der Waals surface area contributed by atoms with Gasteiger partial charge in [-0.05, 0) is 46.2 Å². The highest BCUT2D eigenvalue weighted by molar-refractivity contribution is 7.54. The molecule has 5 atom stereocenters. The van der Waals surface area contributed by atoms with Gasteiger partial charge >= 0.3 is 7.67 Å². The first kappa shape index (κ1) is 29.0. The molecule has 7 nitrogen and oxygen atoms in total. The second-order valence-corrected chi connectivity index (χ2v) is 13.4. The molecule has 1 unspecified atom stereocenters. The van der Waals surface area contributed by atoms with E-state index in [0.717, 1.165) is 33.4 Å². The molecule has 8 heteroatoms. The number of hydrogen-bond donors (Lipinski definition) is 3. The average molecular weight is 585 g/mol. The molecule has 42 heavy (non-hydrogen) atoms. The zero-order valence-electron chi connectivity index (χ0n) is 23.4. The quantitative estimate of drug-likeness (QED) is 0.224. The Morgan fingerprint density at radius 1 is 0.571 bits per heavy atom. The van der Waals surface area contributed by atoms with Crippen LogP contribution in [-0.4, -0.2) is 49.0 Å². The molecule has 2 aliphatic heterocycles. The summed E-state index contributed by atoms with van der Waals surface area (Å²) in [7, 11) is -3.62. The van der Waals surface area contributed by atoms with Gasteiger partial charge in [0.15, 0.2) is 0 Å². The molecule has 2 fully saturated rings. The number of nitrogens with zero attached hydrogens (tertiary/aromatic N) is 2. The third-order valence-electron chi connectivity index (χ3n) is 8.46. The van der Waals surface area contributed by atoms with Gasteiger partial charge in [-0.2, -0.15) is 0 Å². The van der Waals surface area contributed by atoms with Gasteiger partial charge in [-0.25, -0.2) is 9.34 Å². The highest BCUT2D eigenvalue weighted by atomic mass is 31.2. The van der Waals surface area contributed by atoms with Crippen LogP contribution in [0.1, 0.15) is 33.4 Å². The van der Waals surface area contributed by atoms with E-state index in [0.29, 0.717) is 25.9 Å². The molecule has 2 saturated heterocycles. The minimum atomic E-state index is -3.62. The monoisotopic (exact) mass is 584 g/mol. The molecule has 2 bridgehead atoms. The first-order chi connectivity index (χ1) is 20.5. The second kappa shape index (κ2) is 12.6. The number of aliphatic hydroxyl groups excluding tert-OH is 3. The minimum absolute atomic E-state index is 0.0412. The summed E-state index contributed by atoms with van der Waals surface area (Å²) in [4.78, 5) is 0. The van der Waals surface area contributed by atoms with E-state index in [9.17, 15) is 15.3 Å². The summed E-state index contributed by atoms with van der Waals surface area (Å²) >= 11 is 0. The maximum Gasteiger partial charge on any atom is 0.347 e. The maximum absolute atomic E-state index is 15.3. The molecule has 0 aliphatic carbocycles. The normalized spacial score (nSPS) is 26.0. The van der Waals surface area contributed by atoms with Gasteiger partial charge in [-0.15, -0.1) is 0 Å². The fourth-order valence-electron chi connectivity index (χ4n) is 6.17. The van der Waals surface area contributed by atoms with Crippen LogP contribution in [0.4, 0.5) is 0 Å². The van der Waals surface area contributed by atoms with Crippen molar-refractivity contribution in [3.63, 3.8) is 0 Å². The topological polar surface area (TPSA) is 93.5 Å². The van der Waals surface area contributed by atoms with Crippen LogP contribution in [0.5, 0.6) is 0 Å². The van der Waals surface area contributed by atoms with E-state index in [4.69, 9.17) is 4.52 Å². The lowest BCUT2D eigenvalue weighted by molar-refractivity contribution is -0.0378. The van der Waals surface area contributed by atoms with Crippen molar-refractivity contribution in [2.24, 2.45) is 0 Å². The summed E-state index contributed by atoms with van der Waals surface area (Å²) in [6.07, 6.45) is -0.398. The van der Waals surface area contributed by atoms with Crippen molar-refractivity contribution in [2.45, 2.75) is 63.4 Å². The SMILES string of the molecule is O=P12O[C@@H]([C@@H](O)[C@@H](Cc3ccccc3)N1Cc1ccc(CO)cc1)[C@@H](Cc1ccccc1)N2Cc1ccc(CO)cc1. The van der Waals surface area contributed by atoms with Crippen molar-refractivity contribution in [3.05, 3.63) is 143 Å². The van der Waals surface area contributed by atoms with Gasteiger partial charge in [-0.3, -0.25) is 9.09 Å². The molecule has 0 amide bonds. The summed E-state index contributed by atoms with van der Waals surface area (Å²) in [5.74, 6) is 0. The Morgan fingerprint density at radius 2 is 0.976 bits per heavy atom. The first-order valence-electron chi connectivity index (χ1n) is 14.4. The predicted molar refractivity (Wildman–Crippen MR) is 162 cm³/mol. The summed E-state index contributed by atoms with van der Waals surface area (Å²) in [5, 5.41) is 31.1. The molecular formula is C34H37N2O5P. The van der Waals surface area contributed by atoms with E-state index in [1.807, 2.05) is 106 Å². The zero-order chi connectivity index (χ0) is 29.1. The van der Waals surface area contributed by atoms with Gasteiger partial charge < -0.3 is 15.3 Å². The number of aliphatic hydroxyl groups is 3. The summed E-state index contributed by atoms with van der Waals surface area (Å²) < 4.78 is 25.7. The molecule has 4 aromatic carbocycles. The van der Waals surface area contributed by atoms with Crippen LogP contribution in [0.2, 0.25) is 0 Å². The van der Waals surface area contributed by atoms with Crippen molar-refractivity contribution >= 4 is 7.67 Å². The molecule has 0 saturated carbocycles. The van der Waals surface area contributed by atoms with Crippen LogP contribution >= 0.6 is 7.67 Å². The Bertz CT molecular complexity index is 1460. The van der Waals surface area contributed by atoms with Gasteiger partial charge in [0.05, 0.1) is 31.4 Å². The van der Waals surface area contributed by atoms with E-state index in [1.165, 1.54) is 0 Å². The summed E-state index contributed by atoms with van der Waals surface area (Å²) in [6, 6.07) is 34.6. The van der Waals surface area contributed by atoms with E-state index in [-0.39, 0.29) is 19.3 Å². The Labute approximate surface area is 247 Å². The lowest BCUT2D eigenvalue weighted by atomic mass is 9.91. The molecule has 0 radical (unpaired) electrons. The Morgan fingerprint density at radius 3 is 1.43 bits per heavy atom. The van der Waals surface area contributed by atoms with Crippen LogP contribution < -0.4 is 0 Å². The van der Waals surface area contributed by atoms with Gasteiger partial charge in [-0.1, -0.05) is 109 Å². The molecular weight excluding hydrogens is 547 g/mol. The van der Waals surface area contributed by atoms with Crippen LogP contribution in [-0.2, 0) is 48.2 Å². The summed E-state index contributed by atoms with van der Waals surface area (Å²) in [6.45, 7) is 0.608. The van der Waals surface area contributed by atoms with Crippen molar-refractivity contribution in [1.82, 2.24) is 9.34 Å². The Hall–Kier alpha value is -3.13. The molecule has 0 spiro atoms. The lowest BCUT2D eigenvalue weighted by Gasteiger charge is -2.43. The van der Waals surface area contributed by atoms with Crippen LogP contribution in [0.15, 0.2) is 109 Å². The molecule has 6 rings (SSSR count). The predicted octanol–water partition coefficient (Wildman–Crippen LogP) is 5.08. The molecule has 4 aromatic rings. The third kappa shape index (κ3) is 5.87. The highest BCUT2D eigenvalue weighted by Gasteiger charge is 2.62. The van der Waals surface area contributed by atoms with E-state index < -0.39 is 25.9 Å². The number of fused-ring (bicyclic) bond motifs is 2. The lowest BCUT2D eigenvalue weighted by Crippen LogP contribution is -2.53. The summed E-state index contributed by atoms with van der Waals surface area (Å²) in [5.41, 5.74) is 5.64. The molecule has 0 aromatic heterocycles. The fraction of sp³-hybridized carbons (Fsp3) is 0.294. The van der Waals surface area contributed by atoms with Crippen molar-refractivity contribution in [2.75, 3.05) is 0 Å². The van der Waals surface area contributed by atoms with Gasteiger partial charge in [0.1, 0.15) is 6.10 Å².